The molecule has 1 aliphatic heterocycles. The Morgan fingerprint density at radius 1 is 1.22 bits per heavy atom. The van der Waals surface area contributed by atoms with E-state index >= 15 is 0 Å². The highest BCUT2D eigenvalue weighted by Crippen LogP contribution is 2.34. The summed E-state index contributed by atoms with van der Waals surface area (Å²) < 4.78 is 11.0. The van der Waals surface area contributed by atoms with E-state index in [1.807, 2.05) is 44.2 Å². The van der Waals surface area contributed by atoms with Crippen molar-refractivity contribution in [1.82, 2.24) is 5.32 Å². The molecule has 1 heterocycles. The predicted octanol–water partition coefficient (Wildman–Crippen LogP) is 4.74. The summed E-state index contributed by atoms with van der Waals surface area (Å²) in [7, 11) is 1.59. The molecule has 0 aliphatic carbocycles. The molecule has 5 nitrogen and oxygen atoms in total. The number of nitrogens with one attached hydrogen (secondary N) is 2. The van der Waals surface area contributed by atoms with Crippen molar-refractivity contribution >= 4 is 41.0 Å². The third-order valence-corrected chi connectivity index (χ3v) is 4.99. The molecule has 0 aromatic heterocycles. The van der Waals surface area contributed by atoms with Crippen LogP contribution in [0.4, 0.5) is 5.69 Å². The first-order valence-electron chi connectivity index (χ1n) is 8.50. The SMILES string of the molecule is COc1ccc(Cl)cc1NC1NC(=O)/C(=C/c2ccc(OC(C)C)cc2)S1. The summed E-state index contributed by atoms with van der Waals surface area (Å²) in [6.45, 7) is 3.97. The second kappa shape index (κ2) is 8.59. The third kappa shape index (κ3) is 5.11. The number of hydrogen-bond acceptors (Lipinski definition) is 5. The Balaban J connectivity index is 1.70. The molecule has 142 valence electrons. The number of hydrogen-bond donors (Lipinski definition) is 2. The largest absolute Gasteiger partial charge is 0.495 e. The van der Waals surface area contributed by atoms with Crippen LogP contribution in [0.3, 0.4) is 0 Å². The second-order valence-electron chi connectivity index (χ2n) is 6.20. The maximum absolute atomic E-state index is 12.3. The number of carbonyl (C=O) groups is 1. The smallest absolute Gasteiger partial charge is 0.260 e. The predicted molar refractivity (Wildman–Crippen MR) is 111 cm³/mol. The first-order valence-corrected chi connectivity index (χ1v) is 9.76. The molecular formula is C20H21ClN2O3S. The Morgan fingerprint density at radius 3 is 2.63 bits per heavy atom. The number of halogens is 1. The van der Waals surface area contributed by atoms with Crippen molar-refractivity contribution in [2.45, 2.75) is 25.4 Å². The van der Waals surface area contributed by atoms with Crippen LogP contribution in [0, 0.1) is 0 Å². The molecule has 7 heteroatoms. The molecule has 1 atom stereocenters. The molecular weight excluding hydrogens is 384 g/mol. The molecule has 0 saturated carbocycles. The summed E-state index contributed by atoms with van der Waals surface area (Å²) in [6, 6.07) is 13.0. The van der Waals surface area contributed by atoms with E-state index in [1.165, 1.54) is 11.8 Å². The molecule has 2 aromatic rings. The highest BCUT2D eigenvalue weighted by molar-refractivity contribution is 8.05. The number of rotatable bonds is 6. The van der Waals surface area contributed by atoms with Crippen LogP contribution in [0.1, 0.15) is 19.4 Å². The van der Waals surface area contributed by atoms with Gasteiger partial charge in [0.15, 0.2) is 5.50 Å². The van der Waals surface area contributed by atoms with Crippen LogP contribution in [0.25, 0.3) is 6.08 Å². The van der Waals surface area contributed by atoms with E-state index in [9.17, 15) is 4.79 Å². The standard InChI is InChI=1S/C20H21ClN2O3S/c1-12(2)26-15-7-4-13(5-8-15)10-18-19(24)23-20(27-18)22-16-11-14(21)6-9-17(16)25-3/h4-12,20,22H,1-3H3,(H,23,24)/b18-10-. The van der Waals surface area contributed by atoms with E-state index in [0.29, 0.717) is 15.7 Å². The minimum Gasteiger partial charge on any atom is -0.495 e. The first kappa shape index (κ1) is 19.5. The molecule has 3 rings (SSSR count). The minimum atomic E-state index is -0.306. The lowest BCUT2D eigenvalue weighted by molar-refractivity contribution is -0.116. The molecule has 2 N–H and O–H groups in total. The van der Waals surface area contributed by atoms with Crippen LogP contribution in [-0.4, -0.2) is 24.6 Å². The summed E-state index contributed by atoms with van der Waals surface area (Å²) >= 11 is 7.46. The molecule has 0 bridgehead atoms. The van der Waals surface area contributed by atoms with E-state index in [1.54, 1.807) is 25.3 Å². The van der Waals surface area contributed by atoms with Gasteiger partial charge in [0.25, 0.3) is 5.91 Å². The van der Waals surface area contributed by atoms with Gasteiger partial charge in [-0.1, -0.05) is 35.5 Å². The molecule has 1 aliphatic rings. The number of thioether (sulfide) groups is 1. The molecule has 1 saturated heterocycles. The van der Waals surface area contributed by atoms with Crippen molar-refractivity contribution < 1.29 is 14.3 Å². The van der Waals surface area contributed by atoms with Gasteiger partial charge in [0, 0.05) is 5.02 Å². The van der Waals surface area contributed by atoms with Crippen LogP contribution < -0.4 is 20.1 Å². The lowest BCUT2D eigenvalue weighted by Gasteiger charge is -2.15. The van der Waals surface area contributed by atoms with Crippen molar-refractivity contribution in [3.63, 3.8) is 0 Å². The van der Waals surface area contributed by atoms with Crippen molar-refractivity contribution in [3.8, 4) is 11.5 Å². The second-order valence-corrected chi connectivity index (χ2v) is 7.79. The number of ether oxygens (including phenoxy) is 2. The van der Waals surface area contributed by atoms with Gasteiger partial charge in [-0.05, 0) is 55.8 Å². The van der Waals surface area contributed by atoms with Gasteiger partial charge in [-0.3, -0.25) is 4.79 Å². The number of methoxy groups -OCH3 is 1. The van der Waals surface area contributed by atoms with Gasteiger partial charge in [-0.2, -0.15) is 0 Å². The van der Waals surface area contributed by atoms with Gasteiger partial charge in [0.2, 0.25) is 0 Å². The quantitative estimate of drug-likeness (QED) is 0.681. The van der Waals surface area contributed by atoms with E-state index < -0.39 is 0 Å². The molecule has 1 unspecified atom stereocenters. The highest BCUT2D eigenvalue weighted by atomic mass is 35.5. The number of benzene rings is 2. The van der Waals surface area contributed by atoms with E-state index in [-0.39, 0.29) is 17.5 Å². The maximum atomic E-state index is 12.3. The Labute approximate surface area is 168 Å². The molecule has 27 heavy (non-hydrogen) atoms. The Bertz CT molecular complexity index is 853. The van der Waals surface area contributed by atoms with Gasteiger partial charge in [-0.15, -0.1) is 0 Å². The van der Waals surface area contributed by atoms with Crippen molar-refractivity contribution in [1.29, 1.82) is 0 Å². The van der Waals surface area contributed by atoms with Crippen LogP contribution in [0.5, 0.6) is 11.5 Å². The van der Waals surface area contributed by atoms with E-state index in [2.05, 4.69) is 10.6 Å². The van der Waals surface area contributed by atoms with Crippen LogP contribution >= 0.6 is 23.4 Å². The van der Waals surface area contributed by atoms with Gasteiger partial charge in [0.05, 0.1) is 23.8 Å². The van der Waals surface area contributed by atoms with Gasteiger partial charge in [0.1, 0.15) is 11.5 Å². The average Bonchev–Trinajstić information content (AvgIpc) is 2.95. The van der Waals surface area contributed by atoms with Gasteiger partial charge >= 0.3 is 0 Å². The first-order chi connectivity index (χ1) is 12.9. The van der Waals surface area contributed by atoms with Gasteiger partial charge in [-0.25, -0.2) is 0 Å². The fourth-order valence-corrected chi connectivity index (χ4v) is 3.71. The number of anilines is 1. The zero-order valence-electron chi connectivity index (χ0n) is 15.3. The summed E-state index contributed by atoms with van der Waals surface area (Å²) in [4.78, 5) is 12.9. The van der Waals surface area contributed by atoms with Crippen LogP contribution in [0.15, 0.2) is 47.4 Å². The highest BCUT2D eigenvalue weighted by Gasteiger charge is 2.27. The lowest BCUT2D eigenvalue weighted by atomic mass is 10.2. The van der Waals surface area contributed by atoms with Crippen molar-refractivity contribution in [2.75, 3.05) is 12.4 Å². The number of amides is 1. The average molecular weight is 405 g/mol. The Hall–Kier alpha value is -2.31. The molecule has 1 fully saturated rings. The summed E-state index contributed by atoms with van der Waals surface area (Å²) in [5, 5.41) is 6.73. The molecule has 0 spiro atoms. The van der Waals surface area contributed by atoms with Gasteiger partial charge < -0.3 is 20.1 Å². The fraction of sp³-hybridized carbons (Fsp3) is 0.250. The normalized spacial score (nSPS) is 17.9. The lowest BCUT2D eigenvalue weighted by Crippen LogP contribution is -2.31. The Morgan fingerprint density at radius 2 is 1.96 bits per heavy atom. The summed E-state index contributed by atoms with van der Waals surface area (Å²) in [5.74, 6) is 1.34. The van der Waals surface area contributed by atoms with Crippen molar-refractivity contribution in [3.05, 3.63) is 58.0 Å². The molecule has 2 aromatic carbocycles. The third-order valence-electron chi connectivity index (χ3n) is 3.73. The topological polar surface area (TPSA) is 59.6 Å². The molecule has 0 radical (unpaired) electrons. The monoisotopic (exact) mass is 404 g/mol. The Kier molecular flexibility index (Phi) is 6.19. The zero-order chi connectivity index (χ0) is 19.4. The number of carbonyl (C=O) groups excluding carboxylic acids is 1. The fourth-order valence-electron chi connectivity index (χ4n) is 2.57. The van der Waals surface area contributed by atoms with Crippen LogP contribution in [-0.2, 0) is 4.79 Å². The zero-order valence-corrected chi connectivity index (χ0v) is 16.9. The summed E-state index contributed by atoms with van der Waals surface area (Å²) in [5.41, 5.74) is 1.35. The summed E-state index contributed by atoms with van der Waals surface area (Å²) in [6.07, 6.45) is 1.98. The van der Waals surface area contributed by atoms with E-state index in [0.717, 1.165) is 17.0 Å². The van der Waals surface area contributed by atoms with E-state index in [4.69, 9.17) is 21.1 Å². The van der Waals surface area contributed by atoms with Crippen LogP contribution in [0.2, 0.25) is 5.02 Å². The minimum absolute atomic E-state index is 0.124. The maximum Gasteiger partial charge on any atom is 0.260 e. The van der Waals surface area contributed by atoms with Crippen molar-refractivity contribution in [2.24, 2.45) is 0 Å². The molecule has 1 amide bonds.